The summed E-state index contributed by atoms with van der Waals surface area (Å²) in [7, 11) is -3.55. The third-order valence-electron chi connectivity index (χ3n) is 6.71. The molecule has 0 radical (unpaired) electrons. The first kappa shape index (κ1) is 21.3. The quantitative estimate of drug-likeness (QED) is 0.733. The van der Waals surface area contributed by atoms with Gasteiger partial charge >= 0.3 is 0 Å². The van der Waals surface area contributed by atoms with E-state index in [9.17, 15) is 18.0 Å². The standard InChI is InChI=1S/C22H31N3O4S/c1-16-8-12-23(13-9-16)22(27)21-15-18-14-19(6-7-20(18)25(21)17(2)26)30(28,29)24-10-4-3-5-11-24/h6-7,14,16,21H,3-5,8-13,15H2,1-2H3/t21-/m1/s1. The van der Waals surface area contributed by atoms with Crippen LogP contribution in [0.15, 0.2) is 23.1 Å². The van der Waals surface area contributed by atoms with Gasteiger partial charge in [0.1, 0.15) is 6.04 Å². The molecule has 0 spiro atoms. The molecule has 1 atom stereocenters. The molecule has 1 aromatic rings. The van der Waals surface area contributed by atoms with Crippen LogP contribution in [0.5, 0.6) is 0 Å². The number of hydrogen-bond donors (Lipinski definition) is 0. The molecule has 0 unspecified atom stereocenters. The molecule has 2 fully saturated rings. The molecule has 3 aliphatic rings. The van der Waals surface area contributed by atoms with Gasteiger partial charge in [-0.25, -0.2) is 8.42 Å². The van der Waals surface area contributed by atoms with Crippen molar-refractivity contribution in [1.82, 2.24) is 9.21 Å². The lowest BCUT2D eigenvalue weighted by Gasteiger charge is -2.34. The number of sulfonamides is 1. The smallest absolute Gasteiger partial charge is 0.246 e. The Morgan fingerprint density at radius 3 is 2.30 bits per heavy atom. The third-order valence-corrected chi connectivity index (χ3v) is 8.60. The number of fused-ring (bicyclic) bond motifs is 1. The van der Waals surface area contributed by atoms with Crippen molar-refractivity contribution in [2.75, 3.05) is 31.1 Å². The summed E-state index contributed by atoms with van der Waals surface area (Å²) < 4.78 is 27.7. The van der Waals surface area contributed by atoms with Crippen LogP contribution in [0.1, 0.15) is 51.5 Å². The highest BCUT2D eigenvalue weighted by Gasteiger charge is 2.40. The number of benzene rings is 1. The minimum absolute atomic E-state index is 0.0336. The van der Waals surface area contributed by atoms with Crippen LogP contribution < -0.4 is 4.90 Å². The van der Waals surface area contributed by atoms with Crippen LogP contribution in [-0.4, -0.2) is 61.7 Å². The highest BCUT2D eigenvalue weighted by molar-refractivity contribution is 7.89. The normalized spacial score (nSPS) is 23.5. The lowest BCUT2D eigenvalue weighted by atomic mass is 9.98. The summed E-state index contributed by atoms with van der Waals surface area (Å²) in [5.41, 5.74) is 1.41. The average Bonchev–Trinajstić information content (AvgIpc) is 3.13. The van der Waals surface area contributed by atoms with Gasteiger partial charge in [0.2, 0.25) is 21.8 Å². The monoisotopic (exact) mass is 433 g/mol. The Morgan fingerprint density at radius 1 is 1.00 bits per heavy atom. The van der Waals surface area contributed by atoms with Gasteiger partial charge in [-0.05, 0) is 55.4 Å². The maximum absolute atomic E-state index is 13.2. The van der Waals surface area contributed by atoms with Crippen molar-refractivity contribution in [1.29, 1.82) is 0 Å². The number of rotatable bonds is 3. The molecule has 3 heterocycles. The molecule has 0 aliphatic carbocycles. The summed E-state index contributed by atoms with van der Waals surface area (Å²) in [4.78, 5) is 29.3. The number of hydrogen-bond acceptors (Lipinski definition) is 4. The Labute approximate surface area is 179 Å². The summed E-state index contributed by atoms with van der Waals surface area (Å²) >= 11 is 0. The van der Waals surface area contributed by atoms with Crippen LogP contribution in [0.3, 0.4) is 0 Å². The van der Waals surface area contributed by atoms with Gasteiger partial charge in [-0.3, -0.25) is 14.5 Å². The zero-order chi connectivity index (χ0) is 21.5. The number of carbonyl (C=O) groups is 2. The van der Waals surface area contributed by atoms with Crippen molar-refractivity contribution < 1.29 is 18.0 Å². The molecule has 0 bridgehead atoms. The zero-order valence-corrected chi connectivity index (χ0v) is 18.7. The fourth-order valence-corrected chi connectivity index (χ4v) is 6.44. The molecule has 30 heavy (non-hydrogen) atoms. The number of likely N-dealkylation sites (tertiary alicyclic amines) is 1. The molecule has 3 aliphatic heterocycles. The van der Waals surface area contributed by atoms with E-state index in [0.717, 1.165) is 37.7 Å². The molecular formula is C22H31N3O4S. The lowest BCUT2D eigenvalue weighted by molar-refractivity contribution is -0.135. The van der Waals surface area contributed by atoms with Crippen LogP contribution in [0.4, 0.5) is 5.69 Å². The van der Waals surface area contributed by atoms with Crippen LogP contribution in [-0.2, 0) is 26.0 Å². The molecule has 0 aromatic heterocycles. The second kappa shape index (κ2) is 8.30. The number of piperidine rings is 2. The van der Waals surface area contributed by atoms with E-state index in [2.05, 4.69) is 6.92 Å². The van der Waals surface area contributed by atoms with Crippen molar-refractivity contribution in [3.8, 4) is 0 Å². The molecule has 4 rings (SSSR count). The van der Waals surface area contributed by atoms with Crippen molar-refractivity contribution in [3.63, 3.8) is 0 Å². The molecule has 164 valence electrons. The number of amides is 2. The summed E-state index contributed by atoms with van der Waals surface area (Å²) in [6, 6.07) is 4.35. The second-order valence-corrected chi connectivity index (χ2v) is 10.8. The zero-order valence-electron chi connectivity index (χ0n) is 17.8. The van der Waals surface area contributed by atoms with Gasteiger partial charge in [0.25, 0.3) is 0 Å². The first-order chi connectivity index (χ1) is 14.3. The Balaban J connectivity index is 1.60. The maximum Gasteiger partial charge on any atom is 0.246 e. The molecule has 8 heteroatoms. The highest BCUT2D eigenvalue weighted by Crippen LogP contribution is 2.36. The lowest BCUT2D eigenvalue weighted by Crippen LogP contribution is -2.51. The first-order valence-corrected chi connectivity index (χ1v) is 12.4. The molecular weight excluding hydrogens is 402 g/mol. The fraction of sp³-hybridized carbons (Fsp3) is 0.636. The van der Waals surface area contributed by atoms with E-state index in [1.54, 1.807) is 27.4 Å². The molecule has 2 saturated heterocycles. The van der Waals surface area contributed by atoms with E-state index in [1.807, 2.05) is 4.90 Å². The van der Waals surface area contributed by atoms with Crippen LogP contribution in [0.2, 0.25) is 0 Å². The van der Waals surface area contributed by atoms with E-state index in [0.29, 0.717) is 44.2 Å². The number of anilines is 1. The predicted molar refractivity (Wildman–Crippen MR) is 115 cm³/mol. The van der Waals surface area contributed by atoms with E-state index in [4.69, 9.17) is 0 Å². The Morgan fingerprint density at radius 2 is 1.67 bits per heavy atom. The van der Waals surface area contributed by atoms with Crippen LogP contribution in [0.25, 0.3) is 0 Å². The third kappa shape index (κ3) is 3.87. The van der Waals surface area contributed by atoms with Crippen molar-refractivity contribution >= 4 is 27.5 Å². The first-order valence-electron chi connectivity index (χ1n) is 11.0. The average molecular weight is 434 g/mol. The topological polar surface area (TPSA) is 78.0 Å². The minimum Gasteiger partial charge on any atom is -0.341 e. The highest BCUT2D eigenvalue weighted by atomic mass is 32.2. The van der Waals surface area contributed by atoms with Crippen LogP contribution in [0, 0.1) is 5.92 Å². The fourth-order valence-electron chi connectivity index (χ4n) is 4.87. The van der Waals surface area contributed by atoms with Crippen LogP contribution >= 0.6 is 0 Å². The van der Waals surface area contributed by atoms with Crippen molar-refractivity contribution in [2.24, 2.45) is 5.92 Å². The maximum atomic E-state index is 13.2. The van der Waals surface area contributed by atoms with E-state index in [-0.39, 0.29) is 16.7 Å². The van der Waals surface area contributed by atoms with E-state index >= 15 is 0 Å². The van der Waals surface area contributed by atoms with Gasteiger partial charge in [-0.1, -0.05) is 13.3 Å². The van der Waals surface area contributed by atoms with E-state index < -0.39 is 16.1 Å². The SMILES string of the molecule is CC(=O)N1c2ccc(S(=O)(=O)N3CCCCC3)cc2C[C@@H]1C(=O)N1CCC(C)CC1. The summed E-state index contributed by atoms with van der Waals surface area (Å²) in [5, 5.41) is 0. The Hall–Kier alpha value is -1.93. The molecule has 0 N–H and O–H groups in total. The predicted octanol–water partition coefficient (Wildman–Crippen LogP) is 2.40. The summed E-state index contributed by atoms with van der Waals surface area (Å²) in [6.07, 6.45) is 5.14. The molecule has 0 saturated carbocycles. The largest absolute Gasteiger partial charge is 0.341 e. The Kier molecular flexibility index (Phi) is 5.90. The molecule has 2 amide bonds. The second-order valence-electron chi connectivity index (χ2n) is 8.87. The van der Waals surface area contributed by atoms with Gasteiger partial charge in [0.15, 0.2) is 0 Å². The van der Waals surface area contributed by atoms with Gasteiger partial charge in [-0.2, -0.15) is 4.31 Å². The molecule has 1 aromatic carbocycles. The Bertz CT molecular complexity index is 932. The summed E-state index contributed by atoms with van der Waals surface area (Å²) in [5.74, 6) is 0.388. The van der Waals surface area contributed by atoms with Gasteiger partial charge in [-0.15, -0.1) is 0 Å². The molecule has 7 nitrogen and oxygen atoms in total. The van der Waals surface area contributed by atoms with Gasteiger partial charge < -0.3 is 4.90 Å². The van der Waals surface area contributed by atoms with Crippen molar-refractivity contribution in [2.45, 2.75) is 63.3 Å². The van der Waals surface area contributed by atoms with Gasteiger partial charge in [0.05, 0.1) is 4.90 Å². The van der Waals surface area contributed by atoms with Gasteiger partial charge in [0, 0.05) is 45.2 Å². The number of nitrogens with zero attached hydrogens (tertiary/aromatic N) is 3. The minimum atomic E-state index is -3.55. The van der Waals surface area contributed by atoms with E-state index in [1.165, 1.54) is 6.92 Å². The van der Waals surface area contributed by atoms with Crippen molar-refractivity contribution in [3.05, 3.63) is 23.8 Å². The number of carbonyl (C=O) groups excluding carboxylic acids is 2. The summed E-state index contributed by atoms with van der Waals surface area (Å²) in [6.45, 7) is 6.19.